The van der Waals surface area contributed by atoms with Crippen molar-refractivity contribution in [1.82, 2.24) is 4.90 Å². The fourth-order valence-electron chi connectivity index (χ4n) is 2.52. The lowest BCUT2D eigenvalue weighted by Crippen LogP contribution is -2.54. The van der Waals surface area contributed by atoms with Crippen molar-refractivity contribution in [3.63, 3.8) is 0 Å². The number of benzene rings is 1. The summed E-state index contributed by atoms with van der Waals surface area (Å²) in [4.78, 5) is 13.4. The Labute approximate surface area is 125 Å². The third-order valence-corrected chi connectivity index (χ3v) is 3.60. The van der Waals surface area contributed by atoms with Crippen LogP contribution in [0.5, 0.6) is 0 Å². The number of aliphatic hydroxyl groups excluding tert-OH is 1. The van der Waals surface area contributed by atoms with Crippen molar-refractivity contribution in [2.75, 3.05) is 6.54 Å². The van der Waals surface area contributed by atoms with Crippen LogP contribution in [0.15, 0.2) is 55.1 Å². The first-order chi connectivity index (χ1) is 10.1. The highest BCUT2D eigenvalue weighted by molar-refractivity contribution is 5.74. The molecule has 0 spiro atoms. The van der Waals surface area contributed by atoms with Crippen LogP contribution in [-0.4, -0.2) is 40.7 Å². The molecule has 4 nitrogen and oxygen atoms in total. The largest absolute Gasteiger partial charge is 0.387 e. The van der Waals surface area contributed by atoms with Gasteiger partial charge in [-0.05, 0) is 5.56 Å². The minimum Gasteiger partial charge on any atom is -0.387 e. The fraction of sp³-hybridized carbons (Fsp3) is 0.353. The maximum Gasteiger partial charge on any atom is 0.220 e. The Bertz CT molecular complexity index is 512. The maximum absolute atomic E-state index is 11.7. The van der Waals surface area contributed by atoms with E-state index in [1.54, 1.807) is 23.1 Å². The molecule has 1 aliphatic rings. The van der Waals surface area contributed by atoms with E-state index >= 15 is 0 Å². The molecular formula is C17H21NO3. The first kappa shape index (κ1) is 15.5. The number of carbonyl (C=O) groups is 1. The highest BCUT2D eigenvalue weighted by Gasteiger charge is 2.34. The number of aliphatic hydroxyl groups is 1. The molecule has 0 unspecified atom stereocenters. The van der Waals surface area contributed by atoms with Gasteiger partial charge in [-0.25, -0.2) is 0 Å². The Kier molecular flexibility index (Phi) is 5.31. The average Bonchev–Trinajstić information content (AvgIpc) is 2.50. The Morgan fingerprint density at radius 2 is 2.24 bits per heavy atom. The van der Waals surface area contributed by atoms with Crippen LogP contribution in [0.2, 0.25) is 0 Å². The van der Waals surface area contributed by atoms with Crippen molar-refractivity contribution in [3.05, 3.63) is 60.7 Å². The summed E-state index contributed by atoms with van der Waals surface area (Å²) in [6, 6.07) is 9.35. The van der Waals surface area contributed by atoms with E-state index in [0.717, 1.165) is 5.56 Å². The van der Waals surface area contributed by atoms with Crippen LogP contribution in [0.4, 0.5) is 0 Å². The molecule has 1 aromatic rings. The highest BCUT2D eigenvalue weighted by atomic mass is 16.5. The maximum atomic E-state index is 11.7. The summed E-state index contributed by atoms with van der Waals surface area (Å²) in [5, 5.41) is 10.2. The molecule has 0 fully saturated rings. The molecule has 0 saturated heterocycles. The first-order valence-corrected chi connectivity index (χ1v) is 7.03. The summed E-state index contributed by atoms with van der Waals surface area (Å²) in [6.45, 7) is 6.17. The molecule has 1 heterocycles. The SMILES string of the molecule is C=C[C@H](OCc1ccccc1)[C@@H]1[C@@H](O)C=CCN1C(C)=O. The minimum absolute atomic E-state index is 0.0847. The third kappa shape index (κ3) is 3.80. The van der Waals surface area contributed by atoms with Crippen LogP contribution in [-0.2, 0) is 16.1 Å². The predicted octanol–water partition coefficient (Wildman–Crippen LogP) is 1.91. The molecule has 112 valence electrons. The van der Waals surface area contributed by atoms with Crippen LogP contribution in [0.3, 0.4) is 0 Å². The Morgan fingerprint density at radius 3 is 2.86 bits per heavy atom. The van der Waals surface area contributed by atoms with E-state index in [1.165, 1.54) is 6.92 Å². The zero-order valence-corrected chi connectivity index (χ0v) is 12.2. The van der Waals surface area contributed by atoms with Gasteiger partial charge in [-0.15, -0.1) is 6.58 Å². The van der Waals surface area contributed by atoms with Crippen LogP contribution >= 0.6 is 0 Å². The van der Waals surface area contributed by atoms with Gasteiger partial charge >= 0.3 is 0 Å². The third-order valence-electron chi connectivity index (χ3n) is 3.60. The van der Waals surface area contributed by atoms with Crippen LogP contribution in [0, 0.1) is 0 Å². The lowest BCUT2D eigenvalue weighted by Gasteiger charge is -2.39. The van der Waals surface area contributed by atoms with E-state index in [0.29, 0.717) is 13.2 Å². The monoisotopic (exact) mass is 287 g/mol. The number of hydrogen-bond donors (Lipinski definition) is 1. The van der Waals surface area contributed by atoms with Crippen molar-refractivity contribution in [1.29, 1.82) is 0 Å². The van der Waals surface area contributed by atoms with E-state index in [1.807, 2.05) is 30.3 Å². The standard InChI is InChI=1S/C17H21NO3/c1-3-16(21-12-14-8-5-4-6-9-14)17-15(20)10-7-11-18(17)13(2)19/h3-10,15-17,20H,1,11-12H2,2H3/t15-,16-,17-/m0/s1. The molecule has 1 aliphatic heterocycles. The second-order valence-corrected chi connectivity index (χ2v) is 5.08. The van der Waals surface area contributed by atoms with Crippen molar-refractivity contribution in [2.24, 2.45) is 0 Å². The van der Waals surface area contributed by atoms with E-state index in [9.17, 15) is 9.90 Å². The molecule has 3 atom stereocenters. The topological polar surface area (TPSA) is 49.8 Å². The zero-order valence-electron chi connectivity index (χ0n) is 12.2. The molecule has 0 aromatic heterocycles. The summed E-state index contributed by atoms with van der Waals surface area (Å²) >= 11 is 0. The lowest BCUT2D eigenvalue weighted by atomic mass is 9.98. The number of nitrogens with zero attached hydrogens (tertiary/aromatic N) is 1. The average molecular weight is 287 g/mol. The Balaban J connectivity index is 2.09. The Morgan fingerprint density at radius 1 is 1.52 bits per heavy atom. The van der Waals surface area contributed by atoms with Gasteiger partial charge in [0.15, 0.2) is 0 Å². The van der Waals surface area contributed by atoms with Gasteiger partial charge in [-0.1, -0.05) is 48.6 Å². The van der Waals surface area contributed by atoms with Gasteiger partial charge in [0.1, 0.15) is 0 Å². The molecule has 0 radical (unpaired) electrons. The van der Waals surface area contributed by atoms with Gasteiger partial charge in [-0.3, -0.25) is 4.79 Å². The van der Waals surface area contributed by atoms with Crippen LogP contribution in [0.25, 0.3) is 0 Å². The summed E-state index contributed by atoms with van der Waals surface area (Å²) in [7, 11) is 0. The van der Waals surface area contributed by atoms with Gasteiger partial charge in [0.2, 0.25) is 5.91 Å². The van der Waals surface area contributed by atoms with Gasteiger partial charge in [0.05, 0.1) is 24.9 Å². The molecule has 1 aromatic carbocycles. The Hall–Kier alpha value is -1.91. The van der Waals surface area contributed by atoms with E-state index < -0.39 is 18.2 Å². The fourth-order valence-corrected chi connectivity index (χ4v) is 2.52. The summed E-state index contributed by atoms with van der Waals surface area (Å²) in [5.41, 5.74) is 1.04. The van der Waals surface area contributed by atoms with E-state index in [2.05, 4.69) is 6.58 Å². The number of ether oxygens (including phenoxy) is 1. The van der Waals surface area contributed by atoms with Gasteiger partial charge in [-0.2, -0.15) is 0 Å². The second kappa shape index (κ2) is 7.20. The quantitative estimate of drug-likeness (QED) is 0.842. The molecule has 21 heavy (non-hydrogen) atoms. The predicted molar refractivity (Wildman–Crippen MR) is 81.5 cm³/mol. The van der Waals surface area contributed by atoms with Crippen LogP contribution in [0.1, 0.15) is 12.5 Å². The van der Waals surface area contributed by atoms with Crippen molar-refractivity contribution >= 4 is 5.91 Å². The normalized spacial score (nSPS) is 22.9. The van der Waals surface area contributed by atoms with Gasteiger partial charge in [0, 0.05) is 13.5 Å². The minimum atomic E-state index is -0.749. The lowest BCUT2D eigenvalue weighted by molar-refractivity contribution is -0.137. The number of hydrogen-bond acceptors (Lipinski definition) is 3. The van der Waals surface area contributed by atoms with Crippen molar-refractivity contribution in [3.8, 4) is 0 Å². The summed E-state index contributed by atoms with van der Waals surface area (Å²) in [6.07, 6.45) is 3.97. The smallest absolute Gasteiger partial charge is 0.220 e. The van der Waals surface area contributed by atoms with E-state index in [4.69, 9.17) is 4.74 Å². The number of rotatable bonds is 5. The number of carbonyl (C=O) groups excluding carboxylic acids is 1. The summed E-state index contributed by atoms with van der Waals surface area (Å²) in [5.74, 6) is -0.0847. The van der Waals surface area contributed by atoms with Crippen molar-refractivity contribution < 1.29 is 14.6 Å². The first-order valence-electron chi connectivity index (χ1n) is 7.03. The van der Waals surface area contributed by atoms with Gasteiger partial charge in [0.25, 0.3) is 0 Å². The molecular weight excluding hydrogens is 266 g/mol. The molecule has 1 amide bonds. The second-order valence-electron chi connectivity index (χ2n) is 5.08. The molecule has 4 heteroatoms. The molecule has 2 rings (SSSR count). The van der Waals surface area contributed by atoms with Gasteiger partial charge < -0.3 is 14.7 Å². The van der Waals surface area contributed by atoms with Crippen LogP contribution < -0.4 is 0 Å². The highest BCUT2D eigenvalue weighted by Crippen LogP contribution is 2.20. The summed E-state index contributed by atoms with van der Waals surface area (Å²) < 4.78 is 5.86. The molecule has 0 aliphatic carbocycles. The molecule has 0 bridgehead atoms. The van der Waals surface area contributed by atoms with Crippen molar-refractivity contribution in [2.45, 2.75) is 31.8 Å². The molecule has 1 N–H and O–H groups in total. The van der Waals surface area contributed by atoms with E-state index in [-0.39, 0.29) is 5.91 Å². The number of amides is 1. The zero-order chi connectivity index (χ0) is 15.2. The molecule has 0 saturated carbocycles.